The molecule has 0 saturated carbocycles. The van der Waals surface area contributed by atoms with Crippen molar-refractivity contribution in [3.63, 3.8) is 0 Å². The van der Waals surface area contributed by atoms with Gasteiger partial charge in [-0.25, -0.2) is 0 Å². The maximum atomic E-state index is 9.93. The normalized spacial score (nSPS) is 9.81. The van der Waals surface area contributed by atoms with Gasteiger partial charge in [0.05, 0.1) is 0 Å². The van der Waals surface area contributed by atoms with E-state index in [2.05, 4.69) is 55.4 Å². The number of phenols is 2. The Morgan fingerprint density at radius 2 is 0.710 bits per heavy atom. The number of benzene rings is 2. The van der Waals surface area contributed by atoms with E-state index in [1.54, 1.807) is 0 Å². The second kappa shape index (κ2) is 17.5. The second-order valence-corrected chi connectivity index (χ2v) is 8.75. The van der Waals surface area contributed by atoms with Gasteiger partial charge in [0.2, 0.25) is 0 Å². The molecule has 0 bridgehead atoms. The van der Waals surface area contributed by atoms with E-state index in [0.29, 0.717) is 35.2 Å². The predicted octanol–water partition coefficient (Wildman–Crippen LogP) is 7.88. The van der Waals surface area contributed by atoms with Gasteiger partial charge in [-0.05, 0) is 45.9 Å². The van der Waals surface area contributed by atoms with Crippen LogP contribution < -0.4 is 0 Å². The molecule has 0 aromatic heterocycles. The van der Waals surface area contributed by atoms with Gasteiger partial charge in [0.15, 0.2) is 0 Å². The van der Waals surface area contributed by atoms with Crippen molar-refractivity contribution in [2.75, 3.05) is 0 Å². The molecule has 0 aliphatic rings. The van der Waals surface area contributed by atoms with Crippen molar-refractivity contribution in [2.45, 2.75) is 79.1 Å². The Kier molecular flexibility index (Phi) is 19.4. The molecular weight excluding hydrogens is 607 g/mol. The Morgan fingerprint density at radius 1 is 0.548 bits per heavy atom. The summed E-state index contributed by atoms with van der Waals surface area (Å²) in [6.07, 6.45) is 0. The molecule has 0 radical (unpaired) electrons. The van der Waals surface area contributed by atoms with E-state index in [-0.39, 0.29) is 24.8 Å². The molecule has 0 spiro atoms. The van der Waals surface area contributed by atoms with Gasteiger partial charge in [-0.1, -0.05) is 91.8 Å². The summed E-state index contributed by atoms with van der Waals surface area (Å²) in [7, 11) is 0. The molecule has 0 atom stereocenters. The number of phenolic OH excluding ortho intramolecular Hbond substituents is 2. The molecule has 7 heteroatoms. The van der Waals surface area contributed by atoms with Crippen LogP contribution in [0.3, 0.4) is 0 Å². The monoisotopic (exact) mass is 644 g/mol. The van der Waals surface area contributed by atoms with E-state index in [4.69, 9.17) is 6.80 Å². The molecule has 2 aromatic carbocycles. The van der Waals surface area contributed by atoms with Crippen molar-refractivity contribution >= 4 is 24.8 Å². The Balaban J connectivity index is -0.000000424. The van der Waals surface area contributed by atoms with Crippen LogP contribution in [0.1, 0.15) is 101 Å². The molecule has 2 rings (SSSR count). The third-order valence-corrected chi connectivity index (χ3v) is 4.68. The first-order valence-corrected chi connectivity index (χ1v) is 12.4. The average Bonchev–Trinajstić information content (AvgIpc) is 2.62. The molecule has 4 nitrogen and oxygen atoms in total. The molecule has 2 N–H and O–H groups in total. The van der Waals surface area contributed by atoms with Crippen molar-refractivity contribution in [1.29, 1.82) is 0 Å². The van der Waals surface area contributed by atoms with Gasteiger partial charge in [-0.3, -0.25) is 0 Å². The number of aromatic hydroxyl groups is 2. The fraction of sp³-hybridized carbons (Fsp3) is 0.500. The van der Waals surface area contributed by atoms with Crippen LogP contribution in [0.5, 0.6) is 11.5 Å². The van der Waals surface area contributed by atoms with Gasteiger partial charge >= 0.3 is 25.3 Å². The molecule has 0 aliphatic heterocycles. The summed E-state index contributed by atoms with van der Waals surface area (Å²) in [5.41, 5.74) is 4.19. The second-order valence-electron chi connectivity index (χ2n) is 8.26. The zero-order chi connectivity index (χ0) is 22.7. The van der Waals surface area contributed by atoms with Crippen molar-refractivity contribution in [3.05, 3.63) is 58.7 Å². The molecular formula is C24H38Cl2O4W. The molecule has 178 valence electrons. The average molecular weight is 645 g/mol. The van der Waals surface area contributed by atoms with Crippen molar-refractivity contribution in [2.24, 2.45) is 0 Å². The van der Waals surface area contributed by atoms with Gasteiger partial charge in [-0.2, -0.15) is 0 Å². The van der Waals surface area contributed by atoms with Crippen LogP contribution in [0.25, 0.3) is 0 Å². The van der Waals surface area contributed by atoms with E-state index >= 15 is 0 Å². The molecule has 0 amide bonds. The summed E-state index contributed by atoms with van der Waals surface area (Å²) in [5.74, 6) is 2.51. The van der Waals surface area contributed by atoms with Crippen LogP contribution >= 0.6 is 24.8 Å². The topological polar surface area (TPSA) is 74.6 Å². The zero-order valence-corrected chi connectivity index (χ0v) is 24.3. The van der Waals surface area contributed by atoms with E-state index in [1.807, 2.05) is 36.4 Å². The van der Waals surface area contributed by atoms with Gasteiger partial charge in [0.25, 0.3) is 0 Å². The van der Waals surface area contributed by atoms with E-state index < -0.39 is 18.5 Å². The fourth-order valence-electron chi connectivity index (χ4n) is 3.02. The predicted molar refractivity (Wildman–Crippen MR) is 128 cm³/mol. The van der Waals surface area contributed by atoms with Gasteiger partial charge in [-0.15, -0.1) is 24.8 Å². The molecule has 0 fully saturated rings. The van der Waals surface area contributed by atoms with Crippen LogP contribution in [0, 0.1) is 0 Å². The number of rotatable bonds is 4. The van der Waals surface area contributed by atoms with Crippen LogP contribution in [0.2, 0.25) is 0 Å². The van der Waals surface area contributed by atoms with E-state index in [0.717, 1.165) is 22.3 Å². The quantitative estimate of drug-likeness (QED) is 0.355. The first kappa shape index (κ1) is 34.5. The molecule has 31 heavy (non-hydrogen) atoms. The first-order chi connectivity index (χ1) is 13.5. The first-order valence-electron chi connectivity index (χ1n) is 10.0. The summed E-state index contributed by atoms with van der Waals surface area (Å²) in [4.78, 5) is 0. The minimum absolute atomic E-state index is 0. The summed E-state index contributed by atoms with van der Waals surface area (Å²) < 4.78 is 17.1. The summed E-state index contributed by atoms with van der Waals surface area (Å²) >= 11 is -2.25. The van der Waals surface area contributed by atoms with Crippen LogP contribution in [-0.2, 0) is 25.3 Å². The van der Waals surface area contributed by atoms with E-state index in [9.17, 15) is 10.2 Å². The number of hydrogen-bond acceptors (Lipinski definition) is 4. The third kappa shape index (κ3) is 11.4. The number of para-hydroxylation sites is 2. The van der Waals surface area contributed by atoms with Crippen LogP contribution in [-0.4, -0.2) is 10.2 Å². The van der Waals surface area contributed by atoms with Crippen molar-refractivity contribution < 1.29 is 35.5 Å². The Bertz CT molecular complexity index is 686. The minimum atomic E-state index is -2.25. The zero-order valence-electron chi connectivity index (χ0n) is 19.7. The number of hydrogen-bond donors (Lipinski definition) is 2. The van der Waals surface area contributed by atoms with Crippen LogP contribution in [0.4, 0.5) is 0 Å². The Hall–Kier alpha value is -1.09. The molecule has 0 unspecified atom stereocenters. The molecule has 2 aromatic rings. The summed E-state index contributed by atoms with van der Waals surface area (Å²) in [6.45, 7) is 16.8. The Labute approximate surface area is 208 Å². The number of halogens is 2. The molecule has 0 saturated heterocycles. The SMILES string of the molecule is CC(C)c1cccc(C(C)C)c1O.CC(C)c1cccc(C(C)C)c1O.Cl.Cl.[O]=[W]=[O]. The van der Waals surface area contributed by atoms with Gasteiger partial charge in [0, 0.05) is 0 Å². The summed E-state index contributed by atoms with van der Waals surface area (Å²) in [5, 5.41) is 19.9. The van der Waals surface area contributed by atoms with Crippen molar-refractivity contribution in [1.82, 2.24) is 0 Å². The standard InChI is InChI=1S/2C12H18O.2ClH.2O.W/c2*1-8(2)10-6-5-7-11(9(3)4)12(10)13;;;;;/h2*5-9,13H,1-4H3;2*1H;;;. The van der Waals surface area contributed by atoms with Gasteiger partial charge < -0.3 is 10.2 Å². The third-order valence-electron chi connectivity index (χ3n) is 4.68. The van der Waals surface area contributed by atoms with Crippen molar-refractivity contribution in [3.8, 4) is 11.5 Å². The van der Waals surface area contributed by atoms with Crippen LogP contribution in [0.15, 0.2) is 36.4 Å². The molecule has 0 aliphatic carbocycles. The van der Waals surface area contributed by atoms with E-state index in [1.165, 1.54) is 0 Å². The molecule has 0 heterocycles. The summed E-state index contributed by atoms with van der Waals surface area (Å²) in [6, 6.07) is 12.0. The fourth-order valence-corrected chi connectivity index (χ4v) is 3.02. The maximum absolute atomic E-state index is 9.93. The Morgan fingerprint density at radius 3 is 0.839 bits per heavy atom. The van der Waals surface area contributed by atoms with Gasteiger partial charge in [0.1, 0.15) is 11.5 Å².